The van der Waals surface area contributed by atoms with Crippen LogP contribution in [0.2, 0.25) is 0 Å². The van der Waals surface area contributed by atoms with Gasteiger partial charge in [-0.2, -0.15) is 0 Å². The van der Waals surface area contributed by atoms with E-state index >= 15 is 0 Å². The Morgan fingerprint density at radius 1 is 0.808 bits per heavy atom. The molecule has 0 saturated carbocycles. The van der Waals surface area contributed by atoms with Crippen molar-refractivity contribution in [1.82, 2.24) is 0 Å². The third-order valence-corrected chi connectivity index (χ3v) is 3.73. The van der Waals surface area contributed by atoms with Gasteiger partial charge in [-0.1, -0.05) is 30.3 Å². The molecule has 0 spiro atoms. The zero-order valence-electron chi connectivity index (χ0n) is 14.4. The summed E-state index contributed by atoms with van der Waals surface area (Å²) < 4.78 is 11.4. The van der Waals surface area contributed by atoms with E-state index in [9.17, 15) is 0 Å². The second-order valence-electron chi connectivity index (χ2n) is 5.45. The molecular weight excluding hydrogens is 344 g/mol. The molecule has 132 valence electrons. The number of hydrogen-bond donors (Lipinski definition) is 2. The Morgan fingerprint density at radius 2 is 1.50 bits per heavy atom. The average Bonchev–Trinajstić information content (AvgIpc) is 2.66. The van der Waals surface area contributed by atoms with Gasteiger partial charge in [-0.05, 0) is 67.7 Å². The number of thiocarbonyl (C=S) groups is 1. The standard InChI is InChI=1S/C21H20N2O2S/c1-2-24-17-14-12-16(13-15-17)22-21(26)23-19-10-6-7-11-20(19)25-18-8-4-3-5-9-18/h3-15H,2H2,1H3,(H2,22,23,26). The molecule has 3 aromatic rings. The Hall–Kier alpha value is -3.05. The first-order valence-corrected chi connectivity index (χ1v) is 8.78. The van der Waals surface area contributed by atoms with Crippen LogP contribution >= 0.6 is 12.2 Å². The lowest BCUT2D eigenvalue weighted by molar-refractivity contribution is 0.340. The number of rotatable bonds is 6. The first kappa shape index (κ1) is 17.8. The van der Waals surface area contributed by atoms with E-state index in [2.05, 4.69) is 10.6 Å². The summed E-state index contributed by atoms with van der Waals surface area (Å²) >= 11 is 5.42. The molecule has 26 heavy (non-hydrogen) atoms. The Kier molecular flexibility index (Phi) is 6.06. The summed E-state index contributed by atoms with van der Waals surface area (Å²) in [6.07, 6.45) is 0. The molecular formula is C21H20N2O2S. The topological polar surface area (TPSA) is 42.5 Å². The summed E-state index contributed by atoms with van der Waals surface area (Å²) in [6, 6.07) is 25.0. The van der Waals surface area contributed by atoms with Gasteiger partial charge in [-0.15, -0.1) is 0 Å². The van der Waals surface area contributed by atoms with Gasteiger partial charge >= 0.3 is 0 Å². The van der Waals surface area contributed by atoms with Crippen molar-refractivity contribution in [3.63, 3.8) is 0 Å². The van der Waals surface area contributed by atoms with Crippen molar-refractivity contribution < 1.29 is 9.47 Å². The average molecular weight is 364 g/mol. The van der Waals surface area contributed by atoms with Crippen LogP contribution in [0.4, 0.5) is 11.4 Å². The Balaban J connectivity index is 1.65. The van der Waals surface area contributed by atoms with Gasteiger partial charge in [-0.3, -0.25) is 0 Å². The molecule has 2 N–H and O–H groups in total. The Bertz CT molecular complexity index is 851. The van der Waals surface area contributed by atoms with E-state index in [1.165, 1.54) is 0 Å². The maximum atomic E-state index is 5.94. The van der Waals surface area contributed by atoms with Crippen molar-refractivity contribution in [3.05, 3.63) is 78.9 Å². The molecule has 0 aliphatic heterocycles. The highest BCUT2D eigenvalue weighted by molar-refractivity contribution is 7.80. The van der Waals surface area contributed by atoms with Crippen molar-refractivity contribution in [2.24, 2.45) is 0 Å². The maximum absolute atomic E-state index is 5.94. The third kappa shape index (κ3) is 4.97. The second kappa shape index (κ2) is 8.87. The van der Waals surface area contributed by atoms with Crippen LogP contribution in [-0.2, 0) is 0 Å². The largest absolute Gasteiger partial charge is 0.494 e. The SMILES string of the molecule is CCOc1ccc(NC(=S)Nc2ccccc2Oc2ccccc2)cc1. The van der Waals surface area contributed by atoms with Crippen LogP contribution in [0.25, 0.3) is 0 Å². The van der Waals surface area contributed by atoms with Gasteiger partial charge in [-0.25, -0.2) is 0 Å². The highest BCUT2D eigenvalue weighted by Crippen LogP contribution is 2.29. The number of hydrogen-bond acceptors (Lipinski definition) is 3. The van der Waals surface area contributed by atoms with Crippen molar-refractivity contribution in [1.29, 1.82) is 0 Å². The van der Waals surface area contributed by atoms with Gasteiger partial charge in [0.15, 0.2) is 10.9 Å². The molecule has 0 aromatic heterocycles. The molecule has 0 saturated heterocycles. The van der Waals surface area contributed by atoms with Crippen LogP contribution < -0.4 is 20.1 Å². The molecule has 0 heterocycles. The lowest BCUT2D eigenvalue weighted by atomic mass is 10.3. The monoisotopic (exact) mass is 364 g/mol. The van der Waals surface area contributed by atoms with Crippen LogP contribution in [-0.4, -0.2) is 11.7 Å². The molecule has 5 heteroatoms. The van der Waals surface area contributed by atoms with E-state index in [4.69, 9.17) is 21.7 Å². The number of benzene rings is 3. The lowest BCUT2D eigenvalue weighted by Gasteiger charge is -2.15. The fraction of sp³-hybridized carbons (Fsp3) is 0.0952. The first-order chi connectivity index (χ1) is 12.7. The molecule has 0 fully saturated rings. The fourth-order valence-electron chi connectivity index (χ4n) is 2.36. The Morgan fingerprint density at radius 3 is 2.23 bits per heavy atom. The molecule has 0 unspecified atom stereocenters. The summed E-state index contributed by atoms with van der Waals surface area (Å²) in [4.78, 5) is 0. The third-order valence-electron chi connectivity index (χ3n) is 3.53. The molecule has 0 bridgehead atoms. The number of para-hydroxylation sites is 3. The molecule has 0 aliphatic rings. The smallest absolute Gasteiger partial charge is 0.175 e. The van der Waals surface area contributed by atoms with E-state index in [1.54, 1.807) is 0 Å². The van der Waals surface area contributed by atoms with Gasteiger partial charge in [0.2, 0.25) is 0 Å². The fourth-order valence-corrected chi connectivity index (χ4v) is 2.59. The van der Waals surface area contributed by atoms with E-state index in [0.717, 1.165) is 22.9 Å². The summed E-state index contributed by atoms with van der Waals surface area (Å²) in [5.74, 6) is 2.31. The Labute approximate surface area is 158 Å². The van der Waals surface area contributed by atoms with Gasteiger partial charge in [0.1, 0.15) is 11.5 Å². The summed E-state index contributed by atoms with van der Waals surface area (Å²) in [7, 11) is 0. The van der Waals surface area contributed by atoms with Crippen molar-refractivity contribution in [2.45, 2.75) is 6.92 Å². The second-order valence-corrected chi connectivity index (χ2v) is 5.86. The quantitative estimate of drug-likeness (QED) is 0.550. The minimum atomic E-state index is 0.485. The minimum absolute atomic E-state index is 0.485. The van der Waals surface area contributed by atoms with Crippen molar-refractivity contribution in [2.75, 3.05) is 17.2 Å². The molecule has 0 radical (unpaired) electrons. The molecule has 0 atom stereocenters. The van der Waals surface area contributed by atoms with Crippen LogP contribution in [0.15, 0.2) is 78.9 Å². The summed E-state index contributed by atoms with van der Waals surface area (Å²) in [5.41, 5.74) is 1.67. The maximum Gasteiger partial charge on any atom is 0.175 e. The summed E-state index contributed by atoms with van der Waals surface area (Å²) in [6.45, 7) is 2.60. The first-order valence-electron chi connectivity index (χ1n) is 8.37. The van der Waals surface area contributed by atoms with Crippen molar-refractivity contribution >= 4 is 28.7 Å². The predicted octanol–water partition coefficient (Wildman–Crippen LogP) is 5.69. The van der Waals surface area contributed by atoms with Crippen LogP contribution in [0.5, 0.6) is 17.2 Å². The molecule has 4 nitrogen and oxygen atoms in total. The molecule has 0 amide bonds. The van der Waals surface area contributed by atoms with E-state index in [1.807, 2.05) is 85.8 Å². The van der Waals surface area contributed by atoms with E-state index in [-0.39, 0.29) is 0 Å². The summed E-state index contributed by atoms with van der Waals surface area (Å²) in [5, 5.41) is 6.83. The van der Waals surface area contributed by atoms with Gasteiger partial charge in [0.05, 0.1) is 12.3 Å². The number of nitrogens with one attached hydrogen (secondary N) is 2. The lowest BCUT2D eigenvalue weighted by Crippen LogP contribution is -2.19. The normalized spacial score (nSPS) is 10.0. The zero-order chi connectivity index (χ0) is 18.2. The van der Waals surface area contributed by atoms with Crippen LogP contribution in [0.3, 0.4) is 0 Å². The van der Waals surface area contributed by atoms with Gasteiger partial charge < -0.3 is 20.1 Å². The predicted molar refractivity (Wildman–Crippen MR) is 110 cm³/mol. The van der Waals surface area contributed by atoms with E-state index in [0.29, 0.717) is 17.5 Å². The number of ether oxygens (including phenoxy) is 2. The van der Waals surface area contributed by atoms with Gasteiger partial charge in [0, 0.05) is 5.69 Å². The van der Waals surface area contributed by atoms with Gasteiger partial charge in [0.25, 0.3) is 0 Å². The van der Waals surface area contributed by atoms with Crippen LogP contribution in [0, 0.1) is 0 Å². The zero-order valence-corrected chi connectivity index (χ0v) is 15.3. The molecule has 3 aromatic carbocycles. The van der Waals surface area contributed by atoms with Crippen molar-refractivity contribution in [3.8, 4) is 17.2 Å². The highest BCUT2D eigenvalue weighted by atomic mass is 32.1. The number of anilines is 2. The highest BCUT2D eigenvalue weighted by Gasteiger charge is 2.06. The minimum Gasteiger partial charge on any atom is -0.494 e. The van der Waals surface area contributed by atoms with Crippen LogP contribution in [0.1, 0.15) is 6.92 Å². The molecule has 3 rings (SSSR count). The molecule has 0 aliphatic carbocycles. The van der Waals surface area contributed by atoms with E-state index < -0.39 is 0 Å².